The molecule has 16 heavy (non-hydrogen) atoms. The maximum atomic E-state index is 4.49. The van der Waals surface area contributed by atoms with Crippen molar-refractivity contribution in [1.82, 2.24) is 4.98 Å². The number of fused-ring (bicyclic) bond motifs is 1. The van der Waals surface area contributed by atoms with Crippen molar-refractivity contribution in [3.8, 4) is 0 Å². The van der Waals surface area contributed by atoms with Gasteiger partial charge in [-0.1, -0.05) is 18.2 Å². The third kappa shape index (κ3) is 1.87. The lowest BCUT2D eigenvalue weighted by Gasteiger charge is -2.28. The summed E-state index contributed by atoms with van der Waals surface area (Å²) in [4.78, 5) is 8.29. The molecule has 2 aromatic rings. The molecule has 2 nitrogen and oxygen atoms in total. The number of benzene rings is 1. The summed E-state index contributed by atoms with van der Waals surface area (Å²) in [6.07, 6.45) is 1.05. The number of aromatic nitrogens is 1. The van der Waals surface area contributed by atoms with Gasteiger partial charge in [0.15, 0.2) is 3.92 Å². The first kappa shape index (κ1) is 10.3. The minimum Gasteiger partial charge on any atom is -0.366 e. The standard InChI is InChI=1S/C12H11BrN2S/c13-12-14-10-6-7-15(8-11(10)16-12)9-4-2-1-3-5-9/h1-5H,6-8H2. The molecule has 1 aromatic carbocycles. The molecule has 1 aliphatic heterocycles. The Morgan fingerprint density at radius 1 is 1.25 bits per heavy atom. The zero-order valence-electron chi connectivity index (χ0n) is 8.69. The van der Waals surface area contributed by atoms with Crippen molar-refractivity contribution in [1.29, 1.82) is 0 Å². The fraction of sp³-hybridized carbons (Fsp3) is 0.250. The number of hydrogen-bond acceptors (Lipinski definition) is 3. The highest BCUT2D eigenvalue weighted by Crippen LogP contribution is 2.30. The van der Waals surface area contributed by atoms with Crippen molar-refractivity contribution in [3.05, 3.63) is 44.8 Å². The van der Waals surface area contributed by atoms with E-state index in [0.717, 1.165) is 23.4 Å². The topological polar surface area (TPSA) is 16.1 Å². The Balaban J connectivity index is 1.88. The van der Waals surface area contributed by atoms with E-state index in [2.05, 4.69) is 56.1 Å². The van der Waals surface area contributed by atoms with Gasteiger partial charge in [-0.2, -0.15) is 0 Å². The monoisotopic (exact) mass is 294 g/mol. The first-order valence-corrected chi connectivity index (χ1v) is 6.88. The smallest absolute Gasteiger partial charge is 0.159 e. The van der Waals surface area contributed by atoms with Crippen LogP contribution in [0.4, 0.5) is 5.69 Å². The lowest BCUT2D eigenvalue weighted by molar-refractivity contribution is 0.728. The van der Waals surface area contributed by atoms with E-state index in [4.69, 9.17) is 0 Å². The van der Waals surface area contributed by atoms with E-state index >= 15 is 0 Å². The number of nitrogens with zero attached hydrogens (tertiary/aromatic N) is 2. The molecule has 0 N–H and O–H groups in total. The van der Waals surface area contributed by atoms with E-state index in [-0.39, 0.29) is 0 Å². The zero-order valence-corrected chi connectivity index (χ0v) is 11.1. The van der Waals surface area contributed by atoms with Gasteiger partial charge in [0.2, 0.25) is 0 Å². The first-order valence-electron chi connectivity index (χ1n) is 5.27. The number of para-hydroxylation sites is 1. The zero-order chi connectivity index (χ0) is 11.0. The lowest BCUT2D eigenvalue weighted by atomic mass is 10.1. The molecule has 0 radical (unpaired) electrons. The molecule has 0 amide bonds. The van der Waals surface area contributed by atoms with Crippen LogP contribution in [0.5, 0.6) is 0 Å². The molecule has 0 atom stereocenters. The van der Waals surface area contributed by atoms with Gasteiger partial charge in [0.1, 0.15) is 0 Å². The van der Waals surface area contributed by atoms with E-state index in [0.29, 0.717) is 0 Å². The maximum absolute atomic E-state index is 4.49. The summed E-state index contributed by atoms with van der Waals surface area (Å²) in [6, 6.07) is 10.6. The van der Waals surface area contributed by atoms with E-state index in [1.54, 1.807) is 11.3 Å². The normalized spacial score (nSPS) is 14.9. The maximum Gasteiger partial charge on any atom is 0.159 e. The highest BCUT2D eigenvalue weighted by molar-refractivity contribution is 9.11. The Bertz CT molecular complexity index is 495. The summed E-state index contributed by atoms with van der Waals surface area (Å²) in [5.41, 5.74) is 2.57. The summed E-state index contributed by atoms with van der Waals surface area (Å²) in [5.74, 6) is 0. The second-order valence-electron chi connectivity index (χ2n) is 3.84. The van der Waals surface area contributed by atoms with Gasteiger partial charge in [-0.25, -0.2) is 4.98 Å². The minimum absolute atomic E-state index is 0.989. The average molecular weight is 295 g/mol. The minimum atomic E-state index is 0.989. The lowest BCUT2D eigenvalue weighted by Crippen LogP contribution is -2.29. The molecule has 0 unspecified atom stereocenters. The summed E-state index contributed by atoms with van der Waals surface area (Å²) in [5, 5.41) is 0. The van der Waals surface area contributed by atoms with E-state index in [1.807, 2.05) is 0 Å². The van der Waals surface area contributed by atoms with Crippen molar-refractivity contribution < 1.29 is 0 Å². The van der Waals surface area contributed by atoms with Crippen LogP contribution in [0.15, 0.2) is 34.2 Å². The Hall–Kier alpha value is -0.870. The van der Waals surface area contributed by atoms with E-state index < -0.39 is 0 Å². The van der Waals surface area contributed by atoms with E-state index in [9.17, 15) is 0 Å². The van der Waals surface area contributed by atoms with Crippen molar-refractivity contribution in [3.63, 3.8) is 0 Å². The average Bonchev–Trinajstić information content (AvgIpc) is 2.69. The second-order valence-corrected chi connectivity index (χ2v) is 6.20. The highest BCUT2D eigenvalue weighted by Gasteiger charge is 2.19. The van der Waals surface area contributed by atoms with Crippen LogP contribution >= 0.6 is 27.3 Å². The molecule has 3 rings (SSSR count). The third-order valence-corrected chi connectivity index (χ3v) is 4.36. The predicted molar refractivity (Wildman–Crippen MR) is 71.0 cm³/mol. The van der Waals surface area contributed by atoms with Crippen LogP contribution in [0.3, 0.4) is 0 Å². The van der Waals surface area contributed by atoms with Gasteiger partial charge >= 0.3 is 0 Å². The van der Waals surface area contributed by atoms with Gasteiger partial charge in [-0.15, -0.1) is 11.3 Å². The Kier molecular flexibility index (Phi) is 2.69. The predicted octanol–water partition coefficient (Wildman–Crippen LogP) is 3.47. The quantitative estimate of drug-likeness (QED) is 0.801. The number of anilines is 1. The molecule has 0 saturated carbocycles. The summed E-state index contributed by atoms with van der Waals surface area (Å²) < 4.78 is 1.01. The number of thiazole rings is 1. The van der Waals surface area contributed by atoms with Gasteiger partial charge in [-0.3, -0.25) is 0 Å². The van der Waals surface area contributed by atoms with Crippen LogP contribution in [0.25, 0.3) is 0 Å². The molecule has 0 bridgehead atoms. The largest absolute Gasteiger partial charge is 0.366 e. The van der Waals surface area contributed by atoms with Crippen LogP contribution in [-0.2, 0) is 13.0 Å². The number of halogens is 1. The van der Waals surface area contributed by atoms with Crippen LogP contribution in [-0.4, -0.2) is 11.5 Å². The fourth-order valence-corrected chi connectivity index (χ4v) is 3.67. The van der Waals surface area contributed by atoms with Crippen molar-refractivity contribution in [2.24, 2.45) is 0 Å². The Morgan fingerprint density at radius 3 is 2.88 bits per heavy atom. The molecule has 0 saturated heterocycles. The van der Waals surface area contributed by atoms with Crippen molar-refractivity contribution in [2.45, 2.75) is 13.0 Å². The molecule has 1 aromatic heterocycles. The van der Waals surface area contributed by atoms with Gasteiger partial charge in [0.05, 0.1) is 12.2 Å². The molecular weight excluding hydrogens is 284 g/mol. The summed E-state index contributed by atoms with van der Waals surface area (Å²) in [6.45, 7) is 2.05. The van der Waals surface area contributed by atoms with Crippen LogP contribution in [0.2, 0.25) is 0 Å². The van der Waals surface area contributed by atoms with Gasteiger partial charge < -0.3 is 4.90 Å². The molecule has 4 heteroatoms. The molecule has 1 aliphatic rings. The van der Waals surface area contributed by atoms with Crippen LogP contribution < -0.4 is 4.90 Å². The highest BCUT2D eigenvalue weighted by atomic mass is 79.9. The van der Waals surface area contributed by atoms with Crippen molar-refractivity contribution >= 4 is 33.0 Å². The molecule has 0 spiro atoms. The summed E-state index contributed by atoms with van der Waals surface area (Å²) >= 11 is 5.21. The number of rotatable bonds is 1. The number of hydrogen-bond donors (Lipinski definition) is 0. The molecule has 0 aliphatic carbocycles. The van der Waals surface area contributed by atoms with E-state index in [1.165, 1.54) is 16.3 Å². The third-order valence-electron chi connectivity index (χ3n) is 2.83. The molecule has 0 fully saturated rings. The van der Waals surface area contributed by atoms with Gasteiger partial charge in [0.25, 0.3) is 0 Å². The van der Waals surface area contributed by atoms with Gasteiger partial charge in [0, 0.05) is 23.5 Å². The van der Waals surface area contributed by atoms with Crippen LogP contribution in [0.1, 0.15) is 10.6 Å². The fourth-order valence-electron chi connectivity index (χ4n) is 2.02. The second kappa shape index (κ2) is 4.18. The Labute approximate surface area is 107 Å². The molecule has 2 heterocycles. The SMILES string of the molecule is Brc1nc2c(s1)CN(c1ccccc1)CC2. The summed E-state index contributed by atoms with van der Waals surface area (Å²) in [7, 11) is 0. The molecular formula is C12H11BrN2S. The Morgan fingerprint density at radius 2 is 2.06 bits per heavy atom. The van der Waals surface area contributed by atoms with Crippen molar-refractivity contribution in [2.75, 3.05) is 11.4 Å². The van der Waals surface area contributed by atoms with Gasteiger partial charge in [-0.05, 0) is 28.1 Å². The first-order chi connectivity index (χ1) is 7.83. The van der Waals surface area contributed by atoms with Crippen LogP contribution in [0, 0.1) is 0 Å². The molecule has 82 valence electrons.